The largest absolute Gasteiger partial charge is 0.0764 e. The van der Waals surface area contributed by atoms with Crippen LogP contribution in [0.2, 0.25) is 0 Å². The highest BCUT2D eigenvalue weighted by Gasteiger charge is 1.71. The van der Waals surface area contributed by atoms with Gasteiger partial charge in [-0.25, -0.2) is 0 Å². The second kappa shape index (κ2) is 3.48. The van der Waals surface area contributed by atoms with Gasteiger partial charge in [-0.2, -0.15) is 0 Å². The zero-order chi connectivity index (χ0) is 7.98. The maximum absolute atomic E-state index is 6.99. The molecule has 0 aliphatic heterocycles. The van der Waals surface area contributed by atoms with Crippen LogP contribution in [0.25, 0.3) is 0 Å². The molecule has 0 radical (unpaired) electrons. The van der Waals surface area contributed by atoms with Gasteiger partial charge in [0.15, 0.2) is 0 Å². The van der Waals surface area contributed by atoms with Crippen LogP contribution in [0.5, 0.6) is 0 Å². The van der Waals surface area contributed by atoms with Gasteiger partial charge in [-0.15, -0.1) is 0 Å². The summed E-state index contributed by atoms with van der Waals surface area (Å²) in [6.45, 7) is 4.49. The second-order valence-corrected chi connectivity index (χ2v) is 2.07. The first-order valence-corrected chi connectivity index (χ1v) is 2.62. The lowest BCUT2D eigenvalue weighted by atomic mass is 10.2. The van der Waals surface area contributed by atoms with E-state index in [1.54, 1.807) is 0 Å². The maximum Gasteiger partial charge on any atom is 0.0276 e. The molecule has 0 saturated heterocycles. The van der Waals surface area contributed by atoms with Crippen molar-refractivity contribution in [1.29, 1.82) is 0 Å². The Kier molecular flexibility index (Phi) is 1.90. The van der Waals surface area contributed by atoms with Crippen molar-refractivity contribution >= 4 is 0 Å². The monoisotopic (exact) mass is 112 g/mol. The molecule has 0 bridgehead atoms. The van der Waals surface area contributed by atoms with E-state index in [0.717, 1.165) is 5.57 Å². The summed E-state index contributed by atoms with van der Waals surface area (Å²) in [5, 5.41) is 0. The summed E-state index contributed by atoms with van der Waals surface area (Å²) >= 11 is 0. The minimum Gasteiger partial charge on any atom is -0.0764 e. The lowest BCUT2D eigenvalue weighted by molar-refractivity contribution is 1.35. The van der Waals surface area contributed by atoms with E-state index in [-0.39, 0.29) is 13.8 Å². The molecule has 8 heavy (non-hydrogen) atoms. The second-order valence-electron chi connectivity index (χ2n) is 2.07. The smallest absolute Gasteiger partial charge is 0.0276 e. The maximum atomic E-state index is 6.99. The number of rotatable bonds is 1. The van der Waals surface area contributed by atoms with Crippen LogP contribution >= 0.6 is 0 Å². The van der Waals surface area contributed by atoms with Crippen molar-refractivity contribution in [3.05, 3.63) is 23.3 Å². The minimum atomic E-state index is 0.243. The zero-order valence-corrected chi connectivity index (χ0v) is 5.57. The van der Waals surface area contributed by atoms with E-state index < -0.39 is 0 Å². The number of hydrogen-bond acceptors (Lipinski definition) is 0. The Bertz CT molecular complexity index is 135. The fraction of sp³-hybridized carbons (Fsp3) is 0.500. The van der Waals surface area contributed by atoms with Crippen LogP contribution in [0.1, 0.15) is 30.4 Å². The van der Waals surface area contributed by atoms with Gasteiger partial charge >= 0.3 is 0 Å². The minimum absolute atomic E-state index is 0.243. The highest BCUT2D eigenvalue weighted by atomic mass is 13.8. The van der Waals surface area contributed by atoms with Crippen LogP contribution in [0.3, 0.4) is 0 Å². The van der Waals surface area contributed by atoms with Gasteiger partial charge in [-0.05, 0) is 27.6 Å². The Morgan fingerprint density at radius 2 is 1.62 bits per heavy atom. The summed E-state index contributed by atoms with van der Waals surface area (Å²) in [4.78, 5) is 0. The highest BCUT2D eigenvalue weighted by Crippen LogP contribution is 1.93. The lowest BCUT2D eigenvalue weighted by Gasteiger charge is -1.84. The molecule has 0 nitrogen and oxygen atoms in total. The lowest BCUT2D eigenvalue weighted by Crippen LogP contribution is -1.62. The van der Waals surface area contributed by atoms with Crippen LogP contribution in [0.4, 0.5) is 0 Å². The molecule has 0 atom stereocenters. The van der Waals surface area contributed by atoms with Crippen molar-refractivity contribution in [1.82, 2.24) is 0 Å². The molecule has 0 rings (SSSR count). The predicted octanol–water partition coefficient (Wildman–Crippen LogP) is 2.92. The average molecular weight is 112 g/mol. The van der Waals surface area contributed by atoms with Crippen LogP contribution in [-0.2, 0) is 0 Å². The molecule has 0 heteroatoms. The summed E-state index contributed by atoms with van der Waals surface area (Å²) in [7, 11) is 0. The molecule has 0 aromatic heterocycles. The third-order valence-corrected chi connectivity index (χ3v) is 0.652. The van der Waals surface area contributed by atoms with Gasteiger partial charge in [-0.1, -0.05) is 23.3 Å². The fourth-order valence-corrected chi connectivity index (χ4v) is 0.285. The third kappa shape index (κ3) is 5.48. The van der Waals surface area contributed by atoms with Crippen molar-refractivity contribution in [3.63, 3.8) is 0 Å². The summed E-state index contributed by atoms with van der Waals surface area (Å²) in [6, 6.07) is 0. The molecular formula is C8H14. The third-order valence-electron chi connectivity index (χ3n) is 0.652. The highest BCUT2D eigenvalue weighted by molar-refractivity contribution is 5.12. The first-order chi connectivity index (χ1) is 4.70. The van der Waals surface area contributed by atoms with Crippen LogP contribution < -0.4 is 0 Å². The molecule has 0 aromatic rings. The molecule has 0 unspecified atom stereocenters. The molecule has 0 fully saturated rings. The molecule has 0 amide bonds. The van der Waals surface area contributed by atoms with Gasteiger partial charge < -0.3 is 0 Å². The first-order valence-electron chi connectivity index (χ1n) is 4.03. The van der Waals surface area contributed by atoms with Gasteiger partial charge in [0.25, 0.3) is 0 Å². The Labute approximate surface area is 54.7 Å². The van der Waals surface area contributed by atoms with E-state index >= 15 is 0 Å². The number of allylic oxidation sites excluding steroid dienone is 4. The van der Waals surface area contributed by atoms with Gasteiger partial charge in [0.2, 0.25) is 0 Å². The zero-order valence-electron chi connectivity index (χ0n) is 7.57. The van der Waals surface area contributed by atoms with E-state index in [2.05, 4.69) is 0 Å². The normalized spacial score (nSPS) is 11.2. The predicted molar refractivity (Wildman–Crippen MR) is 38.9 cm³/mol. The van der Waals surface area contributed by atoms with Gasteiger partial charge in [0, 0.05) is 2.74 Å². The molecule has 46 valence electrons. The van der Waals surface area contributed by atoms with Crippen LogP contribution in [-0.4, -0.2) is 0 Å². The van der Waals surface area contributed by atoms with Gasteiger partial charge in [0.1, 0.15) is 0 Å². The van der Waals surface area contributed by atoms with Crippen molar-refractivity contribution in [2.75, 3.05) is 0 Å². The van der Waals surface area contributed by atoms with Crippen molar-refractivity contribution in [2.24, 2.45) is 0 Å². The summed E-state index contributed by atoms with van der Waals surface area (Å²) in [6.07, 6.45) is 3.80. The van der Waals surface area contributed by atoms with E-state index in [1.165, 1.54) is 5.57 Å². The summed E-state index contributed by atoms with van der Waals surface area (Å²) in [5.74, 6) is 0. The number of hydrogen-bond donors (Lipinski definition) is 0. The molecular weight excluding hydrogens is 96.1 g/mol. The Hall–Kier alpha value is -0.520. The summed E-state index contributed by atoms with van der Waals surface area (Å²) < 4.78 is 14.0. The fourth-order valence-electron chi connectivity index (χ4n) is 0.285. The molecule has 0 heterocycles. The van der Waals surface area contributed by atoms with Gasteiger partial charge in [-0.3, -0.25) is 0 Å². The van der Waals surface area contributed by atoms with Crippen LogP contribution in [0.15, 0.2) is 23.3 Å². The average Bonchev–Trinajstić information content (AvgIpc) is 1.90. The topological polar surface area (TPSA) is 0 Å². The molecule has 0 N–H and O–H groups in total. The first kappa shape index (κ1) is 4.37. The van der Waals surface area contributed by atoms with E-state index in [0.29, 0.717) is 0 Å². The van der Waals surface area contributed by atoms with Crippen LogP contribution in [0, 0.1) is 0 Å². The van der Waals surface area contributed by atoms with Gasteiger partial charge in [0.05, 0.1) is 0 Å². The SMILES string of the molecule is [2H]CC(=CC=C(C)C)C[2H]. The standard InChI is InChI=1S/C8H14/c1-7(2)5-6-8(3)4/h5-6H,1-4H3/i1D,2D. The van der Waals surface area contributed by atoms with E-state index in [9.17, 15) is 0 Å². The van der Waals surface area contributed by atoms with Crippen molar-refractivity contribution in [3.8, 4) is 0 Å². The van der Waals surface area contributed by atoms with E-state index in [1.807, 2.05) is 26.0 Å². The van der Waals surface area contributed by atoms with Crippen molar-refractivity contribution < 1.29 is 2.74 Å². The van der Waals surface area contributed by atoms with Crippen molar-refractivity contribution in [2.45, 2.75) is 27.6 Å². The molecule has 0 aromatic carbocycles. The Morgan fingerprint density at radius 1 is 1.12 bits per heavy atom. The molecule has 0 saturated carbocycles. The Morgan fingerprint density at radius 3 is 2.00 bits per heavy atom. The summed E-state index contributed by atoms with van der Waals surface area (Å²) in [5.41, 5.74) is 2.07. The molecule has 0 aliphatic rings. The Balaban J connectivity index is 3.99. The van der Waals surface area contributed by atoms with E-state index in [4.69, 9.17) is 2.74 Å². The molecule has 0 aliphatic carbocycles. The quantitative estimate of drug-likeness (QED) is 0.457. The molecule has 0 spiro atoms.